The minimum atomic E-state index is 0.177. The van der Waals surface area contributed by atoms with E-state index in [-0.39, 0.29) is 6.04 Å². The van der Waals surface area contributed by atoms with Crippen molar-refractivity contribution < 1.29 is 4.74 Å². The van der Waals surface area contributed by atoms with E-state index < -0.39 is 0 Å². The number of aryl methyl sites for hydroxylation is 1. The molecule has 0 unspecified atom stereocenters. The lowest BCUT2D eigenvalue weighted by Gasteiger charge is -2.22. The van der Waals surface area contributed by atoms with Crippen molar-refractivity contribution in [1.82, 2.24) is 0 Å². The largest absolute Gasteiger partial charge is 0.489 e. The first-order chi connectivity index (χ1) is 8.20. The first-order valence-corrected chi connectivity index (χ1v) is 6.38. The lowest BCUT2D eigenvalue weighted by atomic mass is 9.88. The van der Waals surface area contributed by atoms with Gasteiger partial charge in [0.05, 0.1) is 0 Å². The Morgan fingerprint density at radius 2 is 2.35 bits per heavy atom. The maximum atomic E-state index is 6.12. The van der Waals surface area contributed by atoms with E-state index in [4.69, 9.17) is 10.5 Å². The average Bonchev–Trinajstić information content (AvgIpc) is 2.36. The zero-order valence-corrected chi connectivity index (χ0v) is 10.5. The molecule has 0 aromatic heterocycles. The van der Waals surface area contributed by atoms with Gasteiger partial charge < -0.3 is 10.5 Å². The Kier molecular flexibility index (Phi) is 3.85. The summed E-state index contributed by atoms with van der Waals surface area (Å²) in [5, 5.41) is 0. The zero-order chi connectivity index (χ0) is 12.3. The molecule has 92 valence electrons. The van der Waals surface area contributed by atoms with Gasteiger partial charge in [-0.3, -0.25) is 0 Å². The molecule has 0 spiro atoms. The van der Waals surface area contributed by atoms with Gasteiger partial charge in [0.25, 0.3) is 0 Å². The van der Waals surface area contributed by atoms with Gasteiger partial charge in [0.1, 0.15) is 12.4 Å². The fraction of sp³-hybridized carbons (Fsp3) is 0.467. The fourth-order valence-corrected chi connectivity index (χ4v) is 2.19. The highest BCUT2D eigenvalue weighted by atomic mass is 16.5. The van der Waals surface area contributed by atoms with Crippen molar-refractivity contribution in [2.75, 3.05) is 6.61 Å². The van der Waals surface area contributed by atoms with E-state index in [0.717, 1.165) is 30.6 Å². The van der Waals surface area contributed by atoms with Gasteiger partial charge >= 0.3 is 0 Å². The second kappa shape index (κ2) is 5.37. The van der Waals surface area contributed by atoms with Gasteiger partial charge in [0, 0.05) is 6.04 Å². The van der Waals surface area contributed by atoms with Crippen molar-refractivity contribution in [3.8, 4) is 5.75 Å². The first kappa shape index (κ1) is 12.2. The second-order valence-electron chi connectivity index (χ2n) is 4.75. The summed E-state index contributed by atoms with van der Waals surface area (Å²) in [6, 6.07) is 6.47. The van der Waals surface area contributed by atoms with Crippen molar-refractivity contribution in [1.29, 1.82) is 0 Å². The van der Waals surface area contributed by atoms with Crippen molar-refractivity contribution in [3.05, 3.63) is 41.5 Å². The summed E-state index contributed by atoms with van der Waals surface area (Å²) in [6.45, 7) is 6.63. The third-order valence-corrected chi connectivity index (χ3v) is 3.42. The minimum absolute atomic E-state index is 0.177. The number of ether oxygens (including phenoxy) is 1. The van der Waals surface area contributed by atoms with Gasteiger partial charge in [0.15, 0.2) is 0 Å². The second-order valence-corrected chi connectivity index (χ2v) is 4.75. The van der Waals surface area contributed by atoms with Crippen LogP contribution in [0.15, 0.2) is 30.4 Å². The number of hydrogen-bond donors (Lipinski definition) is 1. The molecular formula is C15H21NO. The van der Waals surface area contributed by atoms with Crippen molar-refractivity contribution >= 4 is 0 Å². The number of benzene rings is 1. The lowest BCUT2D eigenvalue weighted by Crippen LogP contribution is -2.17. The standard InChI is InChI=1S/C15H21NO/c1-3-11(2)10-17-13-8-7-12-5-4-6-15(16)14(12)9-13/h7-9,15H,2-6,10,16H2,1H3/t15-/m0/s1. The quantitative estimate of drug-likeness (QED) is 0.806. The van der Waals surface area contributed by atoms with E-state index in [0.29, 0.717) is 6.61 Å². The zero-order valence-electron chi connectivity index (χ0n) is 10.5. The van der Waals surface area contributed by atoms with Crippen LogP contribution < -0.4 is 10.5 Å². The molecule has 0 saturated heterocycles. The Bertz CT molecular complexity index is 411. The van der Waals surface area contributed by atoms with Crippen LogP contribution in [-0.2, 0) is 6.42 Å². The van der Waals surface area contributed by atoms with Crippen LogP contribution in [0.3, 0.4) is 0 Å². The highest BCUT2D eigenvalue weighted by Gasteiger charge is 2.17. The van der Waals surface area contributed by atoms with Crippen LogP contribution in [0.4, 0.5) is 0 Å². The Morgan fingerprint density at radius 3 is 3.12 bits per heavy atom. The topological polar surface area (TPSA) is 35.2 Å². The first-order valence-electron chi connectivity index (χ1n) is 6.38. The van der Waals surface area contributed by atoms with E-state index in [2.05, 4.69) is 25.6 Å². The smallest absolute Gasteiger partial charge is 0.120 e. The lowest BCUT2D eigenvalue weighted by molar-refractivity contribution is 0.348. The molecule has 0 bridgehead atoms. The molecule has 0 heterocycles. The third-order valence-electron chi connectivity index (χ3n) is 3.42. The summed E-state index contributed by atoms with van der Waals surface area (Å²) >= 11 is 0. The summed E-state index contributed by atoms with van der Waals surface area (Å²) in [4.78, 5) is 0. The van der Waals surface area contributed by atoms with Crippen LogP contribution in [0.1, 0.15) is 43.4 Å². The minimum Gasteiger partial charge on any atom is -0.489 e. The average molecular weight is 231 g/mol. The fourth-order valence-electron chi connectivity index (χ4n) is 2.19. The summed E-state index contributed by atoms with van der Waals surface area (Å²) in [5.74, 6) is 0.913. The van der Waals surface area contributed by atoms with E-state index >= 15 is 0 Å². The molecule has 17 heavy (non-hydrogen) atoms. The Hall–Kier alpha value is -1.28. The van der Waals surface area contributed by atoms with Gasteiger partial charge in [-0.15, -0.1) is 0 Å². The maximum Gasteiger partial charge on any atom is 0.120 e. The number of fused-ring (bicyclic) bond motifs is 1. The number of hydrogen-bond acceptors (Lipinski definition) is 2. The molecule has 0 amide bonds. The molecule has 1 aromatic rings. The van der Waals surface area contributed by atoms with Gasteiger partial charge in [-0.2, -0.15) is 0 Å². The van der Waals surface area contributed by atoms with Crippen LogP contribution in [-0.4, -0.2) is 6.61 Å². The molecular weight excluding hydrogens is 210 g/mol. The highest BCUT2D eigenvalue weighted by molar-refractivity contribution is 5.39. The van der Waals surface area contributed by atoms with Crippen LogP contribution in [0.5, 0.6) is 5.75 Å². The van der Waals surface area contributed by atoms with E-state index in [1.807, 2.05) is 6.07 Å². The molecule has 0 radical (unpaired) electrons. The van der Waals surface area contributed by atoms with E-state index in [1.54, 1.807) is 0 Å². The molecule has 1 atom stereocenters. The molecule has 1 aliphatic rings. The molecule has 1 aliphatic carbocycles. The van der Waals surface area contributed by atoms with Gasteiger partial charge in [-0.05, 0) is 54.5 Å². The van der Waals surface area contributed by atoms with Crippen molar-refractivity contribution in [2.24, 2.45) is 5.73 Å². The molecule has 2 heteroatoms. The third kappa shape index (κ3) is 2.89. The highest BCUT2D eigenvalue weighted by Crippen LogP contribution is 2.30. The molecule has 2 N–H and O–H groups in total. The van der Waals surface area contributed by atoms with Gasteiger partial charge in [-0.1, -0.05) is 19.6 Å². The molecule has 1 aromatic carbocycles. The van der Waals surface area contributed by atoms with Crippen LogP contribution in [0.25, 0.3) is 0 Å². The molecule has 2 rings (SSSR count). The van der Waals surface area contributed by atoms with Gasteiger partial charge in [0.2, 0.25) is 0 Å². The van der Waals surface area contributed by atoms with Crippen LogP contribution >= 0.6 is 0 Å². The predicted molar refractivity (Wildman–Crippen MR) is 71.2 cm³/mol. The Balaban J connectivity index is 2.10. The normalized spacial score (nSPS) is 18.6. The number of nitrogens with two attached hydrogens (primary N) is 1. The molecule has 0 aliphatic heterocycles. The SMILES string of the molecule is C=C(CC)COc1ccc2c(c1)[C@@H](N)CCC2. The van der Waals surface area contributed by atoms with Crippen LogP contribution in [0.2, 0.25) is 0 Å². The van der Waals surface area contributed by atoms with E-state index in [1.165, 1.54) is 17.5 Å². The summed E-state index contributed by atoms with van der Waals surface area (Å²) in [7, 11) is 0. The summed E-state index contributed by atoms with van der Waals surface area (Å²) < 4.78 is 5.72. The Labute approximate surface area is 103 Å². The monoisotopic (exact) mass is 231 g/mol. The molecule has 2 nitrogen and oxygen atoms in total. The Morgan fingerprint density at radius 1 is 1.53 bits per heavy atom. The number of rotatable bonds is 4. The molecule has 0 fully saturated rings. The van der Waals surface area contributed by atoms with Crippen molar-refractivity contribution in [3.63, 3.8) is 0 Å². The molecule has 0 saturated carbocycles. The van der Waals surface area contributed by atoms with Gasteiger partial charge in [-0.25, -0.2) is 0 Å². The maximum absolute atomic E-state index is 6.12. The van der Waals surface area contributed by atoms with Crippen molar-refractivity contribution in [2.45, 2.75) is 38.6 Å². The summed E-state index contributed by atoms with van der Waals surface area (Å²) in [5.41, 5.74) is 9.88. The predicted octanol–water partition coefficient (Wildman–Crippen LogP) is 3.37. The van der Waals surface area contributed by atoms with E-state index in [9.17, 15) is 0 Å². The van der Waals surface area contributed by atoms with Crippen LogP contribution in [0, 0.1) is 0 Å². The summed E-state index contributed by atoms with van der Waals surface area (Å²) in [6.07, 6.45) is 4.38.